The van der Waals surface area contributed by atoms with Gasteiger partial charge in [0.15, 0.2) is 0 Å². The lowest BCUT2D eigenvalue weighted by atomic mass is 10.2. The number of aliphatic hydroxyl groups is 1. The number of nitrogens with one attached hydrogen (secondary N) is 2. The first-order valence-corrected chi connectivity index (χ1v) is 5.44. The summed E-state index contributed by atoms with van der Waals surface area (Å²) in [6.45, 7) is 0.0606. The van der Waals surface area contributed by atoms with E-state index in [1.54, 1.807) is 0 Å². The van der Waals surface area contributed by atoms with Gasteiger partial charge in [-0.05, 0) is 25.7 Å². The molecular formula is C10H18N2O2. The first kappa shape index (κ1) is 9.77. The summed E-state index contributed by atoms with van der Waals surface area (Å²) in [5.74, 6) is 0. The van der Waals surface area contributed by atoms with Gasteiger partial charge in [-0.15, -0.1) is 0 Å². The molecule has 2 fully saturated rings. The van der Waals surface area contributed by atoms with E-state index in [2.05, 4.69) is 10.6 Å². The summed E-state index contributed by atoms with van der Waals surface area (Å²) in [6, 6.07) is 0.243. The van der Waals surface area contributed by atoms with Crippen molar-refractivity contribution in [3.8, 4) is 0 Å². The van der Waals surface area contributed by atoms with E-state index in [0.29, 0.717) is 6.04 Å². The van der Waals surface area contributed by atoms with Gasteiger partial charge in [0.1, 0.15) is 0 Å². The Morgan fingerprint density at radius 2 is 2.00 bits per heavy atom. The monoisotopic (exact) mass is 198 g/mol. The maximum atomic E-state index is 11.5. The molecule has 0 aromatic heterocycles. The minimum absolute atomic E-state index is 0.0606. The van der Waals surface area contributed by atoms with Gasteiger partial charge in [-0.1, -0.05) is 12.8 Å². The van der Waals surface area contributed by atoms with Gasteiger partial charge in [-0.2, -0.15) is 0 Å². The third kappa shape index (κ3) is 2.18. The number of urea groups is 1. The van der Waals surface area contributed by atoms with E-state index in [-0.39, 0.29) is 18.2 Å². The van der Waals surface area contributed by atoms with Crippen molar-refractivity contribution in [2.45, 2.75) is 50.1 Å². The lowest BCUT2D eigenvalue weighted by Gasteiger charge is -2.17. The smallest absolute Gasteiger partial charge is 0.315 e. The highest BCUT2D eigenvalue weighted by Crippen LogP contribution is 2.34. The summed E-state index contributed by atoms with van der Waals surface area (Å²) >= 11 is 0. The zero-order chi connectivity index (χ0) is 10.0. The fourth-order valence-corrected chi connectivity index (χ4v) is 2.01. The van der Waals surface area contributed by atoms with Gasteiger partial charge in [-0.3, -0.25) is 0 Å². The van der Waals surface area contributed by atoms with Crippen molar-refractivity contribution in [3.63, 3.8) is 0 Å². The fraction of sp³-hybridized carbons (Fsp3) is 0.900. The topological polar surface area (TPSA) is 61.4 Å². The molecule has 0 unspecified atom stereocenters. The van der Waals surface area contributed by atoms with Gasteiger partial charge >= 0.3 is 6.03 Å². The molecule has 2 aliphatic rings. The van der Waals surface area contributed by atoms with E-state index < -0.39 is 0 Å². The van der Waals surface area contributed by atoms with Gasteiger partial charge in [0.05, 0.1) is 12.1 Å². The molecule has 2 aliphatic carbocycles. The molecule has 0 bridgehead atoms. The van der Waals surface area contributed by atoms with E-state index in [1.165, 1.54) is 12.8 Å². The van der Waals surface area contributed by atoms with Crippen molar-refractivity contribution in [1.82, 2.24) is 10.6 Å². The van der Waals surface area contributed by atoms with Crippen molar-refractivity contribution in [1.29, 1.82) is 0 Å². The average Bonchev–Trinajstić information content (AvgIpc) is 2.74. The van der Waals surface area contributed by atoms with Gasteiger partial charge in [0.2, 0.25) is 0 Å². The van der Waals surface area contributed by atoms with E-state index in [1.807, 2.05) is 0 Å². The molecule has 3 N–H and O–H groups in total. The van der Waals surface area contributed by atoms with Crippen molar-refractivity contribution in [3.05, 3.63) is 0 Å². The second-order valence-electron chi connectivity index (χ2n) is 4.52. The summed E-state index contributed by atoms with van der Waals surface area (Å²) in [7, 11) is 0. The van der Waals surface area contributed by atoms with Crippen LogP contribution in [0.25, 0.3) is 0 Å². The van der Waals surface area contributed by atoms with Crippen molar-refractivity contribution in [2.75, 3.05) is 6.61 Å². The predicted molar refractivity (Wildman–Crippen MR) is 53.0 cm³/mol. The van der Waals surface area contributed by atoms with Gasteiger partial charge in [-0.25, -0.2) is 4.79 Å². The fourth-order valence-electron chi connectivity index (χ4n) is 2.01. The molecular weight excluding hydrogens is 180 g/mol. The Balaban J connectivity index is 1.73. The third-order valence-electron chi connectivity index (χ3n) is 3.23. The molecule has 0 spiro atoms. The van der Waals surface area contributed by atoms with Crippen LogP contribution in [-0.2, 0) is 0 Å². The lowest BCUT2D eigenvalue weighted by molar-refractivity contribution is 0.207. The molecule has 2 saturated carbocycles. The Bertz CT molecular complexity index is 220. The third-order valence-corrected chi connectivity index (χ3v) is 3.23. The minimum atomic E-state index is -0.289. The molecule has 0 aromatic carbocycles. The molecule has 0 aromatic rings. The van der Waals surface area contributed by atoms with Crippen LogP contribution < -0.4 is 10.6 Å². The highest BCUT2D eigenvalue weighted by Gasteiger charge is 2.43. The van der Waals surface area contributed by atoms with Crippen LogP contribution in [0.3, 0.4) is 0 Å². The average molecular weight is 198 g/mol. The van der Waals surface area contributed by atoms with Crippen molar-refractivity contribution >= 4 is 6.03 Å². The second-order valence-corrected chi connectivity index (χ2v) is 4.52. The predicted octanol–water partition coefficient (Wildman–Crippen LogP) is 0.753. The highest BCUT2D eigenvalue weighted by molar-refractivity contribution is 5.75. The summed E-state index contributed by atoms with van der Waals surface area (Å²) < 4.78 is 0. The Kier molecular flexibility index (Phi) is 2.63. The molecule has 4 heteroatoms. The number of aliphatic hydroxyl groups excluding tert-OH is 1. The Hall–Kier alpha value is -0.770. The molecule has 80 valence electrons. The van der Waals surface area contributed by atoms with Crippen molar-refractivity contribution < 1.29 is 9.90 Å². The first-order chi connectivity index (χ1) is 6.74. The van der Waals surface area contributed by atoms with Crippen LogP contribution in [0.2, 0.25) is 0 Å². The lowest BCUT2D eigenvalue weighted by Crippen LogP contribution is -2.48. The molecule has 0 heterocycles. The van der Waals surface area contributed by atoms with Crippen LogP contribution in [-0.4, -0.2) is 29.3 Å². The number of hydrogen-bond donors (Lipinski definition) is 3. The van der Waals surface area contributed by atoms with Crippen LogP contribution in [0, 0.1) is 0 Å². The number of hydrogen-bond acceptors (Lipinski definition) is 2. The Labute approximate surface area is 84.1 Å². The Morgan fingerprint density at radius 3 is 2.50 bits per heavy atom. The standard InChI is InChI=1S/C10H18N2O2/c13-7-10(5-6-10)12-9(14)11-8-3-1-2-4-8/h8,13H,1-7H2,(H2,11,12,14). The highest BCUT2D eigenvalue weighted by atomic mass is 16.3. The zero-order valence-corrected chi connectivity index (χ0v) is 8.38. The summed E-state index contributed by atoms with van der Waals surface area (Å²) in [5.41, 5.74) is -0.289. The van der Waals surface area contributed by atoms with E-state index >= 15 is 0 Å². The van der Waals surface area contributed by atoms with Gasteiger partial charge in [0, 0.05) is 6.04 Å². The summed E-state index contributed by atoms with van der Waals surface area (Å²) in [4.78, 5) is 11.5. The van der Waals surface area contributed by atoms with Crippen LogP contribution in [0.15, 0.2) is 0 Å². The number of rotatable bonds is 3. The molecule has 4 nitrogen and oxygen atoms in total. The zero-order valence-electron chi connectivity index (χ0n) is 8.38. The number of carbonyl (C=O) groups is 1. The van der Waals surface area contributed by atoms with E-state index in [4.69, 9.17) is 5.11 Å². The molecule has 0 radical (unpaired) electrons. The number of amides is 2. The van der Waals surface area contributed by atoms with Gasteiger partial charge < -0.3 is 15.7 Å². The maximum Gasteiger partial charge on any atom is 0.315 e. The molecule has 2 amide bonds. The largest absolute Gasteiger partial charge is 0.394 e. The van der Waals surface area contributed by atoms with Crippen LogP contribution >= 0.6 is 0 Å². The molecule has 0 aliphatic heterocycles. The van der Waals surface area contributed by atoms with E-state index in [0.717, 1.165) is 25.7 Å². The molecule has 0 saturated heterocycles. The number of carbonyl (C=O) groups excluding carboxylic acids is 1. The second kappa shape index (κ2) is 3.77. The van der Waals surface area contributed by atoms with Gasteiger partial charge in [0.25, 0.3) is 0 Å². The van der Waals surface area contributed by atoms with Crippen LogP contribution in [0.1, 0.15) is 38.5 Å². The SMILES string of the molecule is O=C(NC1CCCC1)NC1(CO)CC1. The van der Waals surface area contributed by atoms with Crippen LogP contribution in [0.5, 0.6) is 0 Å². The normalized spacial score (nSPS) is 24.6. The summed E-state index contributed by atoms with van der Waals surface area (Å²) in [5, 5.41) is 14.8. The molecule has 14 heavy (non-hydrogen) atoms. The molecule has 0 atom stereocenters. The summed E-state index contributed by atoms with van der Waals surface area (Å²) in [6.07, 6.45) is 6.44. The van der Waals surface area contributed by atoms with E-state index in [9.17, 15) is 4.79 Å². The Morgan fingerprint density at radius 1 is 1.36 bits per heavy atom. The molecule has 2 rings (SSSR count). The maximum absolute atomic E-state index is 11.5. The van der Waals surface area contributed by atoms with Crippen LogP contribution in [0.4, 0.5) is 4.79 Å². The minimum Gasteiger partial charge on any atom is -0.394 e. The first-order valence-electron chi connectivity index (χ1n) is 5.44. The van der Waals surface area contributed by atoms with Crippen molar-refractivity contribution in [2.24, 2.45) is 0 Å². The quantitative estimate of drug-likeness (QED) is 0.626.